The quantitative estimate of drug-likeness (QED) is 0.716. The summed E-state index contributed by atoms with van der Waals surface area (Å²) >= 11 is 6.07. The van der Waals surface area contributed by atoms with Gasteiger partial charge in [-0.3, -0.25) is 4.79 Å². The fourth-order valence-electron chi connectivity index (χ4n) is 1.66. The normalized spacial score (nSPS) is 10.8. The van der Waals surface area contributed by atoms with Crippen molar-refractivity contribution in [1.82, 2.24) is 4.98 Å². The van der Waals surface area contributed by atoms with Crippen LogP contribution in [-0.4, -0.2) is 11.3 Å². The molecule has 0 amide bonds. The zero-order chi connectivity index (χ0) is 10.3. The van der Waals surface area contributed by atoms with E-state index in [1.165, 1.54) is 0 Å². The van der Waals surface area contributed by atoms with Gasteiger partial charge in [0.2, 0.25) is 0 Å². The number of aromatic amines is 1. The number of fused-ring (bicyclic) bond motifs is 1. The molecule has 2 rings (SSSR count). The van der Waals surface area contributed by atoms with E-state index < -0.39 is 0 Å². The van der Waals surface area contributed by atoms with Crippen molar-refractivity contribution < 1.29 is 4.79 Å². The molecule has 72 valence electrons. The summed E-state index contributed by atoms with van der Waals surface area (Å²) in [6.07, 6.45) is 0.751. The molecule has 1 heterocycles. The molecular formula is C11H10ClNO. The summed E-state index contributed by atoms with van der Waals surface area (Å²) in [5, 5.41) is 1.48. The highest BCUT2D eigenvalue weighted by molar-refractivity contribution is 6.38. The van der Waals surface area contributed by atoms with Gasteiger partial charge in [0.25, 0.3) is 0 Å². The third-order valence-corrected chi connectivity index (χ3v) is 2.85. The molecule has 0 radical (unpaired) electrons. The Bertz CT molecular complexity index is 513. The van der Waals surface area contributed by atoms with Gasteiger partial charge in [-0.15, -0.1) is 0 Å². The second-order valence-corrected chi connectivity index (χ2v) is 3.80. The first-order valence-corrected chi connectivity index (χ1v) is 4.75. The molecule has 2 aromatic rings. The average Bonchev–Trinajstić information content (AvgIpc) is 2.51. The van der Waals surface area contributed by atoms with E-state index in [-0.39, 0.29) is 0 Å². The number of carbonyl (C=O) groups is 1. The van der Waals surface area contributed by atoms with Crippen molar-refractivity contribution in [3.8, 4) is 0 Å². The number of rotatable bonds is 1. The van der Waals surface area contributed by atoms with Gasteiger partial charge in [-0.2, -0.15) is 0 Å². The first-order valence-electron chi connectivity index (χ1n) is 4.37. The summed E-state index contributed by atoms with van der Waals surface area (Å²) in [6, 6.07) is 4.02. The maximum Gasteiger partial charge on any atom is 0.167 e. The lowest BCUT2D eigenvalue weighted by Gasteiger charge is -1.99. The molecule has 0 fully saturated rings. The van der Waals surface area contributed by atoms with Crippen molar-refractivity contribution in [3.63, 3.8) is 0 Å². The lowest BCUT2D eigenvalue weighted by atomic mass is 10.1. The van der Waals surface area contributed by atoms with E-state index in [2.05, 4.69) is 4.98 Å². The van der Waals surface area contributed by atoms with Gasteiger partial charge in [-0.1, -0.05) is 23.7 Å². The van der Waals surface area contributed by atoms with Gasteiger partial charge in [0.05, 0.1) is 16.2 Å². The topological polar surface area (TPSA) is 32.9 Å². The van der Waals surface area contributed by atoms with E-state index in [1.807, 2.05) is 26.0 Å². The van der Waals surface area contributed by atoms with Crippen LogP contribution in [0.15, 0.2) is 12.1 Å². The number of benzene rings is 1. The summed E-state index contributed by atoms with van der Waals surface area (Å²) in [5.74, 6) is 0. The minimum atomic E-state index is 0.457. The Hall–Kier alpha value is -1.28. The van der Waals surface area contributed by atoms with Crippen molar-refractivity contribution in [2.45, 2.75) is 13.8 Å². The van der Waals surface area contributed by atoms with E-state index in [4.69, 9.17) is 11.6 Å². The molecule has 0 spiro atoms. The molecule has 1 aromatic heterocycles. The molecule has 1 aromatic carbocycles. The molecule has 0 saturated heterocycles. The molecule has 1 N–H and O–H groups in total. The minimum absolute atomic E-state index is 0.457. The molecule has 0 saturated carbocycles. The Morgan fingerprint density at radius 1 is 1.29 bits per heavy atom. The number of H-pyrrole nitrogens is 1. The van der Waals surface area contributed by atoms with Crippen LogP contribution in [0.3, 0.4) is 0 Å². The smallest absolute Gasteiger partial charge is 0.167 e. The number of aromatic nitrogens is 1. The number of aryl methyl sites for hydroxylation is 2. The summed E-state index contributed by atoms with van der Waals surface area (Å²) in [5.41, 5.74) is 3.59. The van der Waals surface area contributed by atoms with Crippen LogP contribution in [0.2, 0.25) is 5.02 Å². The van der Waals surface area contributed by atoms with Gasteiger partial charge in [0.1, 0.15) is 0 Å². The fourth-order valence-corrected chi connectivity index (χ4v) is 2.00. The predicted octanol–water partition coefficient (Wildman–Crippen LogP) is 3.25. The third-order valence-electron chi connectivity index (χ3n) is 2.46. The van der Waals surface area contributed by atoms with Gasteiger partial charge in [-0.25, -0.2) is 0 Å². The number of nitrogens with one attached hydrogen (secondary N) is 1. The lowest BCUT2D eigenvalue weighted by Crippen LogP contribution is -1.79. The summed E-state index contributed by atoms with van der Waals surface area (Å²) < 4.78 is 0. The lowest BCUT2D eigenvalue weighted by molar-refractivity contribution is 0.112. The minimum Gasteiger partial charge on any atom is -0.351 e. The zero-order valence-electron chi connectivity index (χ0n) is 8.02. The number of aldehydes is 1. The third kappa shape index (κ3) is 1.15. The Labute approximate surface area is 86.9 Å². The number of carbonyl (C=O) groups excluding carboxylic acids is 1. The second-order valence-electron chi connectivity index (χ2n) is 3.42. The van der Waals surface area contributed by atoms with Gasteiger partial charge in [0.15, 0.2) is 6.29 Å². The highest BCUT2D eigenvalue weighted by Crippen LogP contribution is 2.31. The molecule has 2 nitrogen and oxygen atoms in total. The highest BCUT2D eigenvalue weighted by Gasteiger charge is 2.11. The summed E-state index contributed by atoms with van der Waals surface area (Å²) in [7, 11) is 0. The van der Waals surface area contributed by atoms with E-state index in [1.54, 1.807) is 0 Å². The zero-order valence-corrected chi connectivity index (χ0v) is 8.77. The van der Waals surface area contributed by atoms with Crippen LogP contribution in [0.1, 0.15) is 21.6 Å². The van der Waals surface area contributed by atoms with Crippen LogP contribution in [-0.2, 0) is 0 Å². The van der Waals surface area contributed by atoms with Crippen LogP contribution < -0.4 is 0 Å². The maximum absolute atomic E-state index is 10.7. The molecule has 0 aliphatic rings. The Balaban J connectivity index is 2.97. The second kappa shape index (κ2) is 3.14. The van der Waals surface area contributed by atoms with Crippen LogP contribution >= 0.6 is 11.6 Å². The molecule has 3 heteroatoms. The monoisotopic (exact) mass is 207 g/mol. The standard InChI is InChI=1S/C11H10ClNO/c1-6-3-4-7(2)11-9(6)10(12)8(5-14)13-11/h3-5,13H,1-2H3. The van der Waals surface area contributed by atoms with Gasteiger partial charge in [0, 0.05) is 5.39 Å². The van der Waals surface area contributed by atoms with E-state index >= 15 is 0 Å². The van der Waals surface area contributed by atoms with Crippen LogP contribution in [0.25, 0.3) is 10.9 Å². The van der Waals surface area contributed by atoms with Crippen molar-refractivity contribution in [3.05, 3.63) is 34.0 Å². The number of halogens is 1. The van der Waals surface area contributed by atoms with Crippen molar-refractivity contribution in [2.75, 3.05) is 0 Å². The predicted molar refractivity (Wildman–Crippen MR) is 58.2 cm³/mol. The van der Waals surface area contributed by atoms with E-state index in [9.17, 15) is 4.79 Å². The molecule has 0 bridgehead atoms. The molecule has 0 atom stereocenters. The largest absolute Gasteiger partial charge is 0.351 e. The van der Waals surface area contributed by atoms with E-state index in [0.29, 0.717) is 10.7 Å². The van der Waals surface area contributed by atoms with Crippen molar-refractivity contribution in [2.24, 2.45) is 0 Å². The highest BCUT2D eigenvalue weighted by atomic mass is 35.5. The number of hydrogen-bond acceptors (Lipinski definition) is 1. The fraction of sp³-hybridized carbons (Fsp3) is 0.182. The molecular weight excluding hydrogens is 198 g/mol. The van der Waals surface area contributed by atoms with Crippen LogP contribution in [0.5, 0.6) is 0 Å². The molecule has 14 heavy (non-hydrogen) atoms. The Kier molecular flexibility index (Phi) is 2.08. The maximum atomic E-state index is 10.7. The van der Waals surface area contributed by atoms with Crippen molar-refractivity contribution >= 4 is 28.8 Å². The molecule has 0 aliphatic heterocycles. The number of hydrogen-bond donors (Lipinski definition) is 1. The Morgan fingerprint density at radius 3 is 2.50 bits per heavy atom. The summed E-state index contributed by atoms with van der Waals surface area (Å²) in [4.78, 5) is 13.7. The van der Waals surface area contributed by atoms with Gasteiger partial charge in [-0.05, 0) is 25.0 Å². The SMILES string of the molecule is Cc1ccc(C)c2c(Cl)c(C=O)[nH]c12. The first-order chi connectivity index (χ1) is 6.65. The van der Waals surface area contributed by atoms with E-state index in [0.717, 1.165) is 28.3 Å². The first kappa shape index (κ1) is 9.28. The molecule has 0 aliphatic carbocycles. The van der Waals surface area contributed by atoms with Crippen molar-refractivity contribution in [1.29, 1.82) is 0 Å². The van der Waals surface area contributed by atoms with Crippen LogP contribution in [0, 0.1) is 13.8 Å². The average molecular weight is 208 g/mol. The van der Waals surface area contributed by atoms with Gasteiger partial charge < -0.3 is 4.98 Å². The van der Waals surface area contributed by atoms with Gasteiger partial charge >= 0.3 is 0 Å². The Morgan fingerprint density at radius 2 is 1.93 bits per heavy atom. The summed E-state index contributed by atoms with van der Waals surface area (Å²) in [6.45, 7) is 3.97. The molecule has 0 unspecified atom stereocenters. The van der Waals surface area contributed by atoms with Crippen LogP contribution in [0.4, 0.5) is 0 Å².